The second kappa shape index (κ2) is 10.1. The van der Waals surface area contributed by atoms with E-state index < -0.39 is 0 Å². The topological polar surface area (TPSA) is 87.8 Å². The van der Waals surface area contributed by atoms with Crippen LogP contribution in [0.2, 0.25) is 0 Å². The molecule has 0 amide bonds. The molecule has 0 radical (unpaired) electrons. The van der Waals surface area contributed by atoms with Crippen molar-refractivity contribution in [3.05, 3.63) is 82.9 Å². The minimum absolute atomic E-state index is 0.542. The first-order valence-electron chi connectivity index (χ1n) is 10.4. The second-order valence-corrected chi connectivity index (χ2v) is 8.03. The fourth-order valence-corrected chi connectivity index (χ4v) is 4.23. The number of ether oxygens (including phenoxy) is 1. The molecule has 0 aliphatic heterocycles. The minimum atomic E-state index is 0.542. The molecule has 0 fully saturated rings. The number of rotatable bonds is 9. The van der Waals surface area contributed by atoms with E-state index in [0.29, 0.717) is 12.5 Å². The van der Waals surface area contributed by atoms with Crippen LogP contribution in [0.5, 0.6) is 0 Å². The van der Waals surface area contributed by atoms with Gasteiger partial charge >= 0.3 is 0 Å². The van der Waals surface area contributed by atoms with Crippen LogP contribution in [0.25, 0.3) is 16.3 Å². The third kappa shape index (κ3) is 4.81. The summed E-state index contributed by atoms with van der Waals surface area (Å²) in [5, 5.41) is 16.0. The SMILES string of the molecule is C=C/C=C\C(CNc1nc(NC2=CCc3cn[nH]c3C=C2)c2sccc2n1)=C(/CC)OC. The lowest BCUT2D eigenvalue weighted by atomic mass is 10.1. The molecule has 1 aliphatic carbocycles. The predicted molar refractivity (Wildman–Crippen MR) is 133 cm³/mol. The number of fused-ring (bicyclic) bond motifs is 2. The van der Waals surface area contributed by atoms with Crippen LogP contribution >= 0.6 is 11.3 Å². The number of aromatic amines is 1. The molecule has 0 saturated heterocycles. The van der Waals surface area contributed by atoms with Crippen LogP contribution in [0.4, 0.5) is 11.8 Å². The van der Waals surface area contributed by atoms with E-state index in [0.717, 1.165) is 51.6 Å². The van der Waals surface area contributed by atoms with Crippen molar-refractivity contribution in [1.29, 1.82) is 0 Å². The number of hydrogen-bond donors (Lipinski definition) is 3. The van der Waals surface area contributed by atoms with Gasteiger partial charge in [-0.2, -0.15) is 10.1 Å². The van der Waals surface area contributed by atoms with Crippen molar-refractivity contribution in [3.8, 4) is 0 Å². The zero-order chi connectivity index (χ0) is 22.3. The molecule has 0 saturated carbocycles. The molecule has 0 bridgehead atoms. The number of H-pyrrole nitrogens is 1. The molecule has 8 heteroatoms. The Morgan fingerprint density at radius 3 is 3.06 bits per heavy atom. The van der Waals surface area contributed by atoms with Crippen molar-refractivity contribution in [2.45, 2.75) is 19.8 Å². The maximum absolute atomic E-state index is 5.54. The van der Waals surface area contributed by atoms with Crippen molar-refractivity contribution in [1.82, 2.24) is 20.2 Å². The molecule has 4 rings (SSSR count). The van der Waals surface area contributed by atoms with E-state index in [2.05, 4.69) is 45.4 Å². The number of aromatic nitrogens is 4. The lowest BCUT2D eigenvalue weighted by molar-refractivity contribution is 0.277. The Labute approximate surface area is 191 Å². The van der Waals surface area contributed by atoms with E-state index in [-0.39, 0.29) is 0 Å². The molecule has 1 aliphatic rings. The third-order valence-electron chi connectivity index (χ3n) is 5.09. The van der Waals surface area contributed by atoms with Gasteiger partial charge in [0.1, 0.15) is 5.76 Å². The van der Waals surface area contributed by atoms with E-state index in [1.54, 1.807) is 24.5 Å². The average Bonchev–Trinajstić information content (AvgIpc) is 3.43. The summed E-state index contributed by atoms with van der Waals surface area (Å²) in [5.41, 5.74) is 5.11. The number of methoxy groups -OCH3 is 1. The van der Waals surface area contributed by atoms with E-state index in [9.17, 15) is 0 Å². The highest BCUT2D eigenvalue weighted by atomic mass is 32.1. The normalized spacial score (nSPS) is 14.0. The zero-order valence-corrected chi connectivity index (χ0v) is 19.0. The Kier molecular flexibility index (Phi) is 6.81. The van der Waals surface area contributed by atoms with E-state index in [1.165, 1.54) is 5.56 Å². The van der Waals surface area contributed by atoms with Gasteiger partial charge in [-0.15, -0.1) is 11.3 Å². The van der Waals surface area contributed by atoms with Gasteiger partial charge in [0.05, 0.1) is 29.2 Å². The summed E-state index contributed by atoms with van der Waals surface area (Å²) in [6.07, 6.45) is 15.3. The highest BCUT2D eigenvalue weighted by Crippen LogP contribution is 2.29. The molecule has 3 aromatic heterocycles. The number of allylic oxidation sites excluding steroid dienone is 5. The minimum Gasteiger partial charge on any atom is -0.501 e. The lowest BCUT2D eigenvalue weighted by Crippen LogP contribution is -2.11. The molecule has 164 valence electrons. The van der Waals surface area contributed by atoms with E-state index in [1.807, 2.05) is 41.9 Å². The monoisotopic (exact) mass is 446 g/mol. The standard InChI is InChI=1S/C24H26N6OS/c1-4-6-7-17(21(5-2)31-3)14-25-24-28-20-12-13-32-22(20)23(29-24)27-18-9-8-16-15-26-30-19(16)11-10-18/h4,6-7,9-13,15H,1,5,8,14H2,2-3H3,(H,26,30)(H2,25,27,28,29)/b7-6-,21-17-. The first kappa shape index (κ1) is 21.6. The molecule has 0 atom stereocenters. The maximum atomic E-state index is 5.54. The third-order valence-corrected chi connectivity index (χ3v) is 6.00. The lowest BCUT2D eigenvalue weighted by Gasteiger charge is -2.13. The maximum Gasteiger partial charge on any atom is 0.225 e. The van der Waals surface area contributed by atoms with E-state index >= 15 is 0 Å². The van der Waals surface area contributed by atoms with Crippen molar-refractivity contribution < 1.29 is 4.74 Å². The Bertz CT molecular complexity index is 1220. The van der Waals surface area contributed by atoms with Gasteiger partial charge < -0.3 is 15.4 Å². The first-order valence-corrected chi connectivity index (χ1v) is 11.3. The summed E-state index contributed by atoms with van der Waals surface area (Å²) in [4.78, 5) is 9.46. The molecule has 3 heterocycles. The molecule has 32 heavy (non-hydrogen) atoms. The van der Waals surface area contributed by atoms with Crippen LogP contribution < -0.4 is 10.6 Å². The van der Waals surface area contributed by atoms with Crippen molar-refractivity contribution in [2.75, 3.05) is 24.3 Å². The van der Waals surface area contributed by atoms with Gasteiger partial charge in [-0.25, -0.2) is 4.98 Å². The Morgan fingerprint density at radius 1 is 1.34 bits per heavy atom. The summed E-state index contributed by atoms with van der Waals surface area (Å²) in [6, 6.07) is 2.01. The van der Waals surface area contributed by atoms with Gasteiger partial charge in [0.2, 0.25) is 5.95 Å². The zero-order valence-electron chi connectivity index (χ0n) is 18.2. The van der Waals surface area contributed by atoms with Gasteiger partial charge in [-0.3, -0.25) is 5.10 Å². The highest BCUT2D eigenvalue weighted by molar-refractivity contribution is 7.17. The van der Waals surface area contributed by atoms with Crippen LogP contribution in [0.15, 0.2) is 71.6 Å². The van der Waals surface area contributed by atoms with Crippen LogP contribution in [0, 0.1) is 0 Å². The molecule has 0 aromatic carbocycles. The molecular formula is C24H26N6OS. The highest BCUT2D eigenvalue weighted by Gasteiger charge is 2.12. The summed E-state index contributed by atoms with van der Waals surface area (Å²) in [5.74, 6) is 2.25. The Morgan fingerprint density at radius 2 is 2.25 bits per heavy atom. The summed E-state index contributed by atoms with van der Waals surface area (Å²) in [7, 11) is 1.69. The second-order valence-electron chi connectivity index (χ2n) is 7.12. The largest absolute Gasteiger partial charge is 0.501 e. The summed E-state index contributed by atoms with van der Waals surface area (Å²) < 4.78 is 6.56. The van der Waals surface area contributed by atoms with Gasteiger partial charge in [0.15, 0.2) is 5.82 Å². The number of thiophene rings is 1. The number of hydrogen-bond acceptors (Lipinski definition) is 7. The molecular weight excluding hydrogens is 420 g/mol. The van der Waals surface area contributed by atoms with Crippen LogP contribution in [-0.2, 0) is 11.2 Å². The summed E-state index contributed by atoms with van der Waals surface area (Å²) in [6.45, 7) is 6.36. The van der Waals surface area contributed by atoms with Crippen LogP contribution in [0.1, 0.15) is 24.6 Å². The number of nitrogens with one attached hydrogen (secondary N) is 3. The quantitative estimate of drug-likeness (QED) is 0.299. The van der Waals surface area contributed by atoms with Crippen molar-refractivity contribution in [2.24, 2.45) is 0 Å². The Balaban J connectivity index is 1.58. The van der Waals surface area contributed by atoms with Gasteiger partial charge in [0.25, 0.3) is 0 Å². The molecule has 3 aromatic rings. The molecule has 0 unspecified atom stereocenters. The van der Waals surface area contributed by atoms with Crippen molar-refractivity contribution >= 4 is 39.4 Å². The van der Waals surface area contributed by atoms with Crippen LogP contribution in [-0.4, -0.2) is 33.8 Å². The van der Waals surface area contributed by atoms with Crippen LogP contribution in [0.3, 0.4) is 0 Å². The number of nitrogens with zero attached hydrogens (tertiary/aromatic N) is 3. The fraction of sp³-hybridized carbons (Fsp3) is 0.208. The number of anilines is 2. The van der Waals surface area contributed by atoms with Crippen molar-refractivity contribution in [3.63, 3.8) is 0 Å². The van der Waals surface area contributed by atoms with Gasteiger partial charge in [-0.05, 0) is 30.0 Å². The average molecular weight is 447 g/mol. The van der Waals surface area contributed by atoms with Gasteiger partial charge in [-0.1, -0.05) is 37.8 Å². The molecule has 0 spiro atoms. The molecule has 3 N–H and O–H groups in total. The fourth-order valence-electron chi connectivity index (χ4n) is 3.46. The Hall–Kier alpha value is -3.65. The molecule has 7 nitrogen and oxygen atoms in total. The predicted octanol–water partition coefficient (Wildman–Crippen LogP) is 5.44. The smallest absolute Gasteiger partial charge is 0.225 e. The first-order chi connectivity index (χ1) is 15.7. The van der Waals surface area contributed by atoms with E-state index in [4.69, 9.17) is 9.72 Å². The summed E-state index contributed by atoms with van der Waals surface area (Å²) >= 11 is 1.62. The van der Waals surface area contributed by atoms with Gasteiger partial charge in [0, 0.05) is 29.8 Å².